The zero-order valence-corrected chi connectivity index (χ0v) is 14.2. The van der Waals surface area contributed by atoms with Crippen molar-refractivity contribution >= 4 is 27.3 Å². The maximum Gasteiger partial charge on any atom is 0.160 e. The molecule has 0 aliphatic rings. The SMILES string of the molecule is CNC(Cc1ccc(OC)c(OC)c1)c1ccc(Br)s1. The molecule has 2 rings (SSSR count). The summed E-state index contributed by atoms with van der Waals surface area (Å²) >= 11 is 5.27. The number of methoxy groups -OCH3 is 2. The van der Waals surface area contributed by atoms with Gasteiger partial charge in [-0.25, -0.2) is 0 Å². The molecule has 0 aliphatic carbocycles. The van der Waals surface area contributed by atoms with Crippen molar-refractivity contribution in [2.24, 2.45) is 0 Å². The topological polar surface area (TPSA) is 30.5 Å². The molecule has 108 valence electrons. The Hall–Kier alpha value is -1.04. The van der Waals surface area contributed by atoms with Crippen LogP contribution in [0.25, 0.3) is 0 Å². The van der Waals surface area contributed by atoms with Crippen LogP contribution in [0.1, 0.15) is 16.5 Å². The van der Waals surface area contributed by atoms with E-state index >= 15 is 0 Å². The average molecular weight is 356 g/mol. The van der Waals surface area contributed by atoms with Crippen molar-refractivity contribution in [3.05, 3.63) is 44.6 Å². The van der Waals surface area contributed by atoms with Gasteiger partial charge in [0.25, 0.3) is 0 Å². The molecule has 5 heteroatoms. The third kappa shape index (κ3) is 3.53. The first kappa shape index (κ1) is 15.4. The van der Waals surface area contributed by atoms with Crippen LogP contribution in [0.5, 0.6) is 11.5 Å². The van der Waals surface area contributed by atoms with Crippen LogP contribution >= 0.6 is 27.3 Å². The maximum absolute atomic E-state index is 5.35. The van der Waals surface area contributed by atoms with Crippen LogP contribution in [0.2, 0.25) is 0 Å². The highest BCUT2D eigenvalue weighted by Crippen LogP contribution is 2.32. The zero-order valence-electron chi connectivity index (χ0n) is 11.8. The molecule has 1 N–H and O–H groups in total. The second-order valence-electron chi connectivity index (χ2n) is 4.38. The summed E-state index contributed by atoms with van der Waals surface area (Å²) in [4.78, 5) is 1.31. The molecule has 0 bridgehead atoms. The number of hydrogen-bond acceptors (Lipinski definition) is 4. The Kier molecular flexibility index (Phi) is 5.46. The van der Waals surface area contributed by atoms with Gasteiger partial charge in [-0.1, -0.05) is 6.07 Å². The van der Waals surface area contributed by atoms with Crippen LogP contribution in [0, 0.1) is 0 Å². The van der Waals surface area contributed by atoms with Gasteiger partial charge < -0.3 is 14.8 Å². The van der Waals surface area contributed by atoms with E-state index in [0.29, 0.717) is 6.04 Å². The van der Waals surface area contributed by atoms with E-state index in [1.807, 2.05) is 19.2 Å². The van der Waals surface area contributed by atoms with E-state index in [0.717, 1.165) is 21.7 Å². The van der Waals surface area contributed by atoms with Crippen molar-refractivity contribution in [1.82, 2.24) is 5.32 Å². The summed E-state index contributed by atoms with van der Waals surface area (Å²) in [6.07, 6.45) is 0.907. The molecule has 1 atom stereocenters. The molecule has 1 aromatic heterocycles. The lowest BCUT2D eigenvalue weighted by Crippen LogP contribution is -2.17. The van der Waals surface area contributed by atoms with Gasteiger partial charge in [-0.05, 0) is 59.2 Å². The number of likely N-dealkylation sites (N-methyl/N-ethyl adjacent to an activating group) is 1. The van der Waals surface area contributed by atoms with Gasteiger partial charge in [0.15, 0.2) is 11.5 Å². The Balaban J connectivity index is 2.19. The normalized spacial score (nSPS) is 12.2. The molecule has 0 saturated heterocycles. The monoisotopic (exact) mass is 355 g/mol. The molecule has 0 spiro atoms. The molecule has 1 heterocycles. The summed E-state index contributed by atoms with van der Waals surface area (Å²) in [5, 5.41) is 3.36. The van der Waals surface area contributed by atoms with Crippen LogP contribution in [-0.4, -0.2) is 21.3 Å². The van der Waals surface area contributed by atoms with Crippen molar-refractivity contribution in [3.63, 3.8) is 0 Å². The fourth-order valence-corrected chi connectivity index (χ4v) is 3.64. The van der Waals surface area contributed by atoms with E-state index in [1.165, 1.54) is 10.4 Å². The highest BCUT2D eigenvalue weighted by atomic mass is 79.9. The molecular weight excluding hydrogens is 338 g/mol. The van der Waals surface area contributed by atoms with Crippen molar-refractivity contribution in [1.29, 1.82) is 0 Å². The molecule has 0 fully saturated rings. The lowest BCUT2D eigenvalue weighted by molar-refractivity contribution is 0.354. The summed E-state index contributed by atoms with van der Waals surface area (Å²) in [5.74, 6) is 1.53. The van der Waals surface area contributed by atoms with E-state index in [9.17, 15) is 0 Å². The summed E-state index contributed by atoms with van der Waals surface area (Å²) < 4.78 is 11.8. The molecule has 20 heavy (non-hydrogen) atoms. The van der Waals surface area contributed by atoms with Gasteiger partial charge in [0.2, 0.25) is 0 Å². The number of thiophene rings is 1. The van der Waals surface area contributed by atoms with Crippen molar-refractivity contribution in [3.8, 4) is 11.5 Å². The molecule has 1 unspecified atom stereocenters. The fraction of sp³-hybridized carbons (Fsp3) is 0.333. The Morgan fingerprint density at radius 2 is 1.90 bits per heavy atom. The number of nitrogens with one attached hydrogen (secondary N) is 1. The van der Waals surface area contributed by atoms with Crippen LogP contribution in [0.4, 0.5) is 0 Å². The molecule has 3 nitrogen and oxygen atoms in total. The van der Waals surface area contributed by atoms with Crippen molar-refractivity contribution in [2.45, 2.75) is 12.5 Å². The Morgan fingerprint density at radius 1 is 1.15 bits per heavy atom. The van der Waals surface area contributed by atoms with Crippen molar-refractivity contribution in [2.75, 3.05) is 21.3 Å². The van der Waals surface area contributed by atoms with Gasteiger partial charge in [-0.2, -0.15) is 0 Å². The Labute approximate surface area is 132 Å². The molecule has 0 aliphatic heterocycles. The van der Waals surface area contributed by atoms with Gasteiger partial charge in [0.1, 0.15) is 0 Å². The van der Waals surface area contributed by atoms with Gasteiger partial charge in [0, 0.05) is 10.9 Å². The quantitative estimate of drug-likeness (QED) is 0.848. The predicted octanol–water partition coefficient (Wildman–Crippen LogP) is 4.03. The van der Waals surface area contributed by atoms with E-state index in [4.69, 9.17) is 9.47 Å². The molecule has 0 amide bonds. The number of hydrogen-bond donors (Lipinski definition) is 1. The first-order valence-electron chi connectivity index (χ1n) is 6.31. The van der Waals surface area contributed by atoms with Gasteiger partial charge in [-0.3, -0.25) is 0 Å². The highest BCUT2D eigenvalue weighted by Gasteiger charge is 2.14. The molecule has 1 aromatic carbocycles. The van der Waals surface area contributed by atoms with Crippen LogP contribution in [0.15, 0.2) is 34.1 Å². The van der Waals surface area contributed by atoms with E-state index in [2.05, 4.69) is 39.4 Å². The number of halogens is 1. The fourth-order valence-electron chi connectivity index (χ4n) is 2.10. The van der Waals surface area contributed by atoms with E-state index < -0.39 is 0 Å². The largest absolute Gasteiger partial charge is 0.493 e. The van der Waals surface area contributed by atoms with Crippen LogP contribution in [0.3, 0.4) is 0 Å². The zero-order chi connectivity index (χ0) is 14.5. The second kappa shape index (κ2) is 7.11. The molecule has 2 aromatic rings. The Bertz CT molecular complexity index is 571. The third-order valence-electron chi connectivity index (χ3n) is 3.17. The first-order valence-corrected chi connectivity index (χ1v) is 7.92. The van der Waals surface area contributed by atoms with E-state index in [1.54, 1.807) is 25.6 Å². The minimum atomic E-state index is 0.296. The molecular formula is C15H18BrNO2S. The summed E-state index contributed by atoms with van der Waals surface area (Å²) in [6.45, 7) is 0. The van der Waals surface area contributed by atoms with Crippen LogP contribution in [-0.2, 0) is 6.42 Å². The lowest BCUT2D eigenvalue weighted by atomic mass is 10.0. The number of benzene rings is 1. The van der Waals surface area contributed by atoms with Gasteiger partial charge in [0.05, 0.1) is 18.0 Å². The number of ether oxygens (including phenoxy) is 2. The van der Waals surface area contributed by atoms with Crippen LogP contribution < -0.4 is 14.8 Å². The highest BCUT2D eigenvalue weighted by molar-refractivity contribution is 9.11. The minimum absolute atomic E-state index is 0.296. The maximum atomic E-state index is 5.35. The molecule has 0 radical (unpaired) electrons. The summed E-state index contributed by atoms with van der Waals surface area (Å²) in [5.41, 5.74) is 1.21. The number of rotatable bonds is 6. The summed E-state index contributed by atoms with van der Waals surface area (Å²) in [6, 6.07) is 10.6. The van der Waals surface area contributed by atoms with E-state index in [-0.39, 0.29) is 0 Å². The van der Waals surface area contributed by atoms with Gasteiger partial charge >= 0.3 is 0 Å². The average Bonchev–Trinajstić information content (AvgIpc) is 2.90. The standard InChI is InChI=1S/C15H18BrNO2S/c1-17-11(14-6-7-15(16)20-14)8-10-4-5-12(18-2)13(9-10)19-3/h4-7,9,11,17H,8H2,1-3H3. The third-order valence-corrected chi connectivity index (χ3v) is 4.91. The molecule has 0 saturated carbocycles. The second-order valence-corrected chi connectivity index (χ2v) is 6.87. The van der Waals surface area contributed by atoms with Gasteiger partial charge in [-0.15, -0.1) is 11.3 Å². The lowest BCUT2D eigenvalue weighted by Gasteiger charge is -2.16. The smallest absolute Gasteiger partial charge is 0.160 e. The Morgan fingerprint density at radius 3 is 2.45 bits per heavy atom. The first-order chi connectivity index (χ1) is 9.67. The summed E-state index contributed by atoms with van der Waals surface area (Å²) in [7, 11) is 5.30. The van der Waals surface area contributed by atoms with Crippen molar-refractivity contribution < 1.29 is 9.47 Å². The predicted molar refractivity (Wildman–Crippen MR) is 87.1 cm³/mol. The minimum Gasteiger partial charge on any atom is -0.493 e.